The molecular formula is C22H19FN7O3+. The molecule has 0 aliphatic carbocycles. The van der Waals surface area contributed by atoms with E-state index >= 15 is 0 Å². The van der Waals surface area contributed by atoms with E-state index in [1.165, 1.54) is 38.2 Å². The molecule has 3 N–H and O–H groups in total. The van der Waals surface area contributed by atoms with E-state index in [1.807, 2.05) is 0 Å². The van der Waals surface area contributed by atoms with Crippen LogP contribution < -0.4 is 22.0 Å². The average molecular weight is 448 g/mol. The van der Waals surface area contributed by atoms with Crippen LogP contribution in [0.4, 0.5) is 10.3 Å². The van der Waals surface area contributed by atoms with Crippen molar-refractivity contribution in [1.82, 2.24) is 23.7 Å². The molecule has 0 atom stereocenters. The molecule has 11 heteroatoms. The number of fused-ring (bicyclic) bond motifs is 1. The highest BCUT2D eigenvalue weighted by Crippen LogP contribution is 2.32. The molecule has 1 aromatic carbocycles. The number of nitrogens with two attached hydrogens (primary N) is 1. The molecule has 0 saturated heterocycles. The second-order valence-electron chi connectivity index (χ2n) is 7.59. The summed E-state index contributed by atoms with van der Waals surface area (Å²) < 4.78 is 22.7. The Morgan fingerprint density at radius 1 is 1.12 bits per heavy atom. The summed E-state index contributed by atoms with van der Waals surface area (Å²) in [6.45, 7) is 1.83. The molecule has 0 unspecified atom stereocenters. The molecule has 0 aliphatic rings. The number of pyridine rings is 1. The summed E-state index contributed by atoms with van der Waals surface area (Å²) in [4.78, 5) is 32.4. The topological polar surface area (TPSA) is 127 Å². The summed E-state index contributed by atoms with van der Waals surface area (Å²) in [7, 11) is 1.62. The van der Waals surface area contributed by atoms with Gasteiger partial charge >= 0.3 is 11.6 Å². The lowest BCUT2D eigenvalue weighted by atomic mass is 10.0. The lowest BCUT2D eigenvalue weighted by molar-refractivity contribution is -0.351. The number of rotatable bonds is 4. The van der Waals surface area contributed by atoms with Gasteiger partial charge in [-0.25, -0.2) is 19.2 Å². The average Bonchev–Trinajstić information content (AvgIpc) is 3.34. The smallest absolute Gasteiger partial charge is 0.411 e. The van der Waals surface area contributed by atoms with Gasteiger partial charge in [-0.1, -0.05) is 0 Å². The molecule has 33 heavy (non-hydrogen) atoms. The van der Waals surface area contributed by atoms with Crippen LogP contribution in [0.15, 0.2) is 63.0 Å². The molecule has 0 aliphatic heterocycles. The first-order valence-electron chi connectivity index (χ1n) is 10.00. The van der Waals surface area contributed by atoms with Crippen LogP contribution in [0, 0.1) is 12.7 Å². The largest absolute Gasteiger partial charge is 0.448 e. The Morgan fingerprint density at radius 2 is 1.85 bits per heavy atom. The highest BCUT2D eigenvalue weighted by Gasteiger charge is 2.26. The summed E-state index contributed by atoms with van der Waals surface area (Å²) in [5.74, 6) is 0.231. The van der Waals surface area contributed by atoms with Crippen LogP contribution in [-0.2, 0) is 13.6 Å². The van der Waals surface area contributed by atoms with Crippen molar-refractivity contribution in [3.05, 3.63) is 87.1 Å². The highest BCUT2D eigenvalue weighted by atomic mass is 19.1. The van der Waals surface area contributed by atoms with Crippen molar-refractivity contribution in [3.63, 3.8) is 0 Å². The minimum Gasteiger partial charge on any atom is -0.448 e. The van der Waals surface area contributed by atoms with E-state index in [-0.39, 0.29) is 29.5 Å². The summed E-state index contributed by atoms with van der Waals surface area (Å²) in [6.07, 6.45) is 2.94. The molecule has 0 saturated carbocycles. The van der Waals surface area contributed by atoms with Crippen LogP contribution in [0.2, 0.25) is 0 Å². The number of oxazole rings is 1. The lowest BCUT2D eigenvalue weighted by Crippen LogP contribution is -2.28. The van der Waals surface area contributed by atoms with Gasteiger partial charge in [-0.15, -0.1) is 9.50 Å². The Morgan fingerprint density at radius 3 is 2.52 bits per heavy atom. The third-order valence-corrected chi connectivity index (χ3v) is 5.46. The number of anilines is 1. The minimum absolute atomic E-state index is 0.0472. The van der Waals surface area contributed by atoms with Crippen LogP contribution in [0.3, 0.4) is 0 Å². The first-order chi connectivity index (χ1) is 15.8. The Labute approximate surface area is 185 Å². The molecule has 10 nitrogen and oxygen atoms in total. The van der Waals surface area contributed by atoms with Gasteiger partial charge in [0.15, 0.2) is 6.39 Å². The number of nitrogen functional groups attached to an aromatic ring is 1. The molecule has 166 valence electrons. The number of halogens is 1. The highest BCUT2D eigenvalue weighted by molar-refractivity contribution is 5.88. The van der Waals surface area contributed by atoms with Crippen LogP contribution in [-0.4, -0.2) is 23.7 Å². The Hall–Kier alpha value is -4.54. The van der Waals surface area contributed by atoms with Crippen LogP contribution in [0.25, 0.3) is 28.0 Å². The van der Waals surface area contributed by atoms with E-state index in [9.17, 15) is 14.0 Å². The normalized spacial score (nSPS) is 11.4. The zero-order valence-electron chi connectivity index (χ0n) is 17.7. The monoisotopic (exact) mass is 448 g/mol. The van der Waals surface area contributed by atoms with E-state index in [0.29, 0.717) is 33.8 Å². The van der Waals surface area contributed by atoms with E-state index in [0.717, 1.165) is 0 Å². The maximum Gasteiger partial charge on any atom is 0.411 e. The van der Waals surface area contributed by atoms with Crippen LogP contribution in [0.1, 0.15) is 11.5 Å². The van der Waals surface area contributed by atoms with Crippen molar-refractivity contribution < 1.29 is 13.8 Å². The van der Waals surface area contributed by atoms with Gasteiger partial charge in [-0.3, -0.25) is 10.5 Å². The van der Waals surface area contributed by atoms with Gasteiger partial charge in [-0.05, 0) is 37.3 Å². The lowest BCUT2D eigenvalue weighted by Gasteiger charge is -2.10. The molecule has 0 fully saturated rings. The van der Waals surface area contributed by atoms with Gasteiger partial charge in [-0.2, -0.15) is 4.68 Å². The van der Waals surface area contributed by atoms with Crippen LogP contribution >= 0.6 is 0 Å². The van der Waals surface area contributed by atoms with E-state index in [1.54, 1.807) is 38.4 Å². The van der Waals surface area contributed by atoms with Gasteiger partial charge in [0.1, 0.15) is 23.0 Å². The molecule has 0 spiro atoms. The molecule has 0 radical (unpaired) electrons. The Balaban J connectivity index is 1.84. The van der Waals surface area contributed by atoms with E-state index in [2.05, 4.69) is 15.1 Å². The van der Waals surface area contributed by atoms with Crippen LogP contribution in [0.5, 0.6) is 0 Å². The van der Waals surface area contributed by atoms with Gasteiger partial charge in [0.05, 0.1) is 12.1 Å². The number of aromatic amines is 1. The second kappa shape index (κ2) is 7.55. The quantitative estimate of drug-likeness (QED) is 0.443. The standard InChI is InChI=1S/C22H18FN7O3/c1-12-16(25-11-33-12)10-29-22(32)30-20(27-29)18(14-5-8-17(31)28(2)9-14)19(26-21(30)24)13-3-6-15(23)7-4-13/h3-9,11H,10H2,1-2H3,(H2,24,26)/p+1. The fraction of sp³-hybridized carbons (Fsp3) is 0.136. The molecule has 0 bridgehead atoms. The number of H-pyrrole nitrogens is 1. The summed E-state index contributed by atoms with van der Waals surface area (Å²) in [5, 5.41) is 4.55. The van der Waals surface area contributed by atoms with Gasteiger partial charge in [0, 0.05) is 30.4 Å². The number of nitrogens with zero attached hydrogens (tertiary/aromatic N) is 5. The summed E-state index contributed by atoms with van der Waals surface area (Å²) >= 11 is 0. The zero-order valence-corrected chi connectivity index (χ0v) is 17.7. The Kier molecular flexibility index (Phi) is 4.66. The first kappa shape index (κ1) is 20.4. The van der Waals surface area contributed by atoms with Crippen molar-refractivity contribution in [3.8, 4) is 22.4 Å². The predicted octanol–water partition coefficient (Wildman–Crippen LogP) is 1.41. The number of hydrogen-bond donors (Lipinski definition) is 1. The zero-order chi connectivity index (χ0) is 23.3. The predicted molar refractivity (Wildman–Crippen MR) is 117 cm³/mol. The number of hydrogen-bond acceptors (Lipinski definition) is 6. The molecule has 4 heterocycles. The van der Waals surface area contributed by atoms with Crippen molar-refractivity contribution in [2.45, 2.75) is 13.5 Å². The fourth-order valence-electron chi connectivity index (χ4n) is 3.72. The summed E-state index contributed by atoms with van der Waals surface area (Å²) in [6, 6.07) is 8.90. The molecule has 4 aromatic heterocycles. The van der Waals surface area contributed by atoms with E-state index < -0.39 is 5.69 Å². The number of aryl methyl sites for hydroxylation is 2. The summed E-state index contributed by atoms with van der Waals surface area (Å²) in [5.41, 5.74) is 8.70. The fourth-order valence-corrected chi connectivity index (χ4v) is 3.72. The number of benzene rings is 1. The third kappa shape index (κ3) is 3.39. The van der Waals surface area contributed by atoms with Crippen molar-refractivity contribution in [2.75, 3.05) is 5.73 Å². The minimum atomic E-state index is -0.474. The SMILES string of the molecule is Cc1ocnc1Cn1nc2c(-c3ccc(=O)n(C)c3)c(-c3ccc(F)cc3)[nH+]c(N)n2c1=O. The third-order valence-electron chi connectivity index (χ3n) is 5.46. The molecule has 0 amide bonds. The first-order valence-corrected chi connectivity index (χ1v) is 10.00. The van der Waals surface area contributed by atoms with Gasteiger partial charge in [0.25, 0.3) is 0 Å². The van der Waals surface area contributed by atoms with Crippen molar-refractivity contribution in [2.24, 2.45) is 7.05 Å². The maximum atomic E-state index is 13.6. The van der Waals surface area contributed by atoms with E-state index in [4.69, 9.17) is 10.2 Å². The molecule has 5 rings (SSSR count). The second-order valence-corrected chi connectivity index (χ2v) is 7.59. The molecular weight excluding hydrogens is 429 g/mol. The van der Waals surface area contributed by atoms with Gasteiger partial charge < -0.3 is 8.98 Å². The van der Waals surface area contributed by atoms with Gasteiger partial charge in [0.2, 0.25) is 11.2 Å². The number of nitrogens with one attached hydrogen (secondary N) is 1. The number of aromatic nitrogens is 6. The van der Waals surface area contributed by atoms with Crippen molar-refractivity contribution in [1.29, 1.82) is 0 Å². The van der Waals surface area contributed by atoms with Crippen molar-refractivity contribution >= 4 is 11.6 Å². The molecule has 5 aromatic rings. The maximum absolute atomic E-state index is 13.6. The Bertz CT molecular complexity index is 1630.